The molecule has 32 heavy (non-hydrogen) atoms. The van der Waals surface area contributed by atoms with E-state index in [2.05, 4.69) is 15.4 Å². The van der Waals surface area contributed by atoms with Crippen molar-refractivity contribution in [1.82, 2.24) is 19.2 Å². The Kier molecular flexibility index (Phi) is 4.99. The van der Waals surface area contributed by atoms with Gasteiger partial charge in [0.05, 0.1) is 5.52 Å². The van der Waals surface area contributed by atoms with Crippen molar-refractivity contribution in [2.75, 3.05) is 5.32 Å². The smallest absolute Gasteiger partial charge is 0.324 e. The van der Waals surface area contributed by atoms with E-state index in [1.807, 2.05) is 85.8 Å². The molecule has 0 fully saturated rings. The molecule has 3 aromatic carbocycles. The van der Waals surface area contributed by atoms with Crippen LogP contribution in [0.2, 0.25) is 0 Å². The molecule has 0 unspecified atom stereocenters. The van der Waals surface area contributed by atoms with Crippen LogP contribution in [0.15, 0.2) is 83.7 Å². The molecule has 0 saturated heterocycles. The number of carbonyl (C=O) groups is 1. The third-order valence-corrected chi connectivity index (χ3v) is 5.39. The van der Waals surface area contributed by atoms with Gasteiger partial charge < -0.3 is 5.32 Å². The van der Waals surface area contributed by atoms with Crippen LogP contribution >= 0.6 is 0 Å². The molecular formula is C25H21N5O2. The standard InChI is InChI=1S/C25H21N5O2/c1-2-22-26-21-15-9-7-13-19(21)24-28-29(25(32)30(22)24)16-23(31)27-20-14-8-6-12-18(20)17-10-4-3-5-11-17/h3-15H,2,16H2,1H3,(H,27,31). The summed E-state index contributed by atoms with van der Waals surface area (Å²) in [5.41, 5.74) is 3.50. The van der Waals surface area contributed by atoms with Crippen molar-refractivity contribution in [3.05, 3.63) is 95.2 Å². The van der Waals surface area contributed by atoms with E-state index in [0.29, 0.717) is 23.6 Å². The van der Waals surface area contributed by atoms with Crippen molar-refractivity contribution in [3.8, 4) is 11.1 Å². The van der Waals surface area contributed by atoms with Crippen LogP contribution in [-0.2, 0) is 17.8 Å². The fourth-order valence-corrected chi connectivity index (χ4v) is 3.89. The lowest BCUT2D eigenvalue weighted by Crippen LogP contribution is -2.29. The second kappa shape index (κ2) is 8.11. The van der Waals surface area contributed by atoms with E-state index in [0.717, 1.165) is 22.0 Å². The number of hydrogen-bond acceptors (Lipinski definition) is 4. The highest BCUT2D eigenvalue weighted by molar-refractivity contribution is 5.95. The average molecular weight is 423 g/mol. The van der Waals surface area contributed by atoms with E-state index >= 15 is 0 Å². The number of aromatic nitrogens is 4. The Morgan fingerprint density at radius 1 is 0.938 bits per heavy atom. The predicted molar refractivity (Wildman–Crippen MR) is 125 cm³/mol. The molecule has 2 aromatic heterocycles. The summed E-state index contributed by atoms with van der Waals surface area (Å²) in [6.07, 6.45) is 0.573. The summed E-state index contributed by atoms with van der Waals surface area (Å²) < 4.78 is 2.69. The van der Waals surface area contributed by atoms with Gasteiger partial charge in [-0.3, -0.25) is 4.79 Å². The number of anilines is 1. The number of hydrogen-bond donors (Lipinski definition) is 1. The predicted octanol–water partition coefficient (Wildman–Crippen LogP) is 3.91. The van der Waals surface area contributed by atoms with Crippen LogP contribution in [0.5, 0.6) is 0 Å². The Hall–Kier alpha value is -4.26. The third kappa shape index (κ3) is 3.43. The van der Waals surface area contributed by atoms with Gasteiger partial charge in [-0.05, 0) is 23.8 Å². The van der Waals surface area contributed by atoms with Gasteiger partial charge in [0.2, 0.25) is 5.91 Å². The molecule has 0 saturated carbocycles. The van der Waals surface area contributed by atoms with Gasteiger partial charge in [-0.25, -0.2) is 18.9 Å². The Morgan fingerprint density at radius 3 is 2.47 bits per heavy atom. The number of rotatable bonds is 5. The minimum atomic E-state index is -0.374. The molecular weight excluding hydrogens is 402 g/mol. The quantitative estimate of drug-likeness (QED) is 0.465. The van der Waals surface area contributed by atoms with Gasteiger partial charge in [-0.15, -0.1) is 5.10 Å². The molecule has 2 heterocycles. The molecule has 158 valence electrons. The number of nitrogens with zero attached hydrogens (tertiary/aromatic N) is 4. The van der Waals surface area contributed by atoms with Gasteiger partial charge in [-0.2, -0.15) is 0 Å². The number of benzene rings is 3. The van der Waals surface area contributed by atoms with Gasteiger partial charge >= 0.3 is 5.69 Å². The SMILES string of the molecule is CCc1nc2ccccc2c2nn(CC(=O)Nc3ccccc3-c3ccccc3)c(=O)n12. The molecule has 7 heteroatoms. The molecule has 0 aliphatic carbocycles. The van der Waals surface area contributed by atoms with Crippen LogP contribution in [0.25, 0.3) is 27.7 Å². The highest BCUT2D eigenvalue weighted by atomic mass is 16.2. The highest BCUT2D eigenvalue weighted by Gasteiger charge is 2.17. The molecule has 1 amide bonds. The van der Waals surface area contributed by atoms with Crippen LogP contribution in [0.3, 0.4) is 0 Å². The van der Waals surface area contributed by atoms with E-state index in [1.165, 1.54) is 9.08 Å². The second-order valence-corrected chi connectivity index (χ2v) is 7.46. The van der Waals surface area contributed by atoms with Crippen molar-refractivity contribution in [1.29, 1.82) is 0 Å². The molecule has 1 N–H and O–H groups in total. The molecule has 0 bridgehead atoms. The van der Waals surface area contributed by atoms with Crippen molar-refractivity contribution in [2.45, 2.75) is 19.9 Å². The summed E-state index contributed by atoms with van der Waals surface area (Å²) in [5, 5.41) is 8.18. The van der Waals surface area contributed by atoms with Crippen LogP contribution in [0, 0.1) is 0 Å². The zero-order valence-electron chi connectivity index (χ0n) is 17.5. The van der Waals surface area contributed by atoms with Crippen molar-refractivity contribution in [3.63, 3.8) is 0 Å². The summed E-state index contributed by atoms with van der Waals surface area (Å²) in [5.74, 6) is 0.291. The van der Waals surface area contributed by atoms with Gasteiger partial charge in [0.25, 0.3) is 0 Å². The van der Waals surface area contributed by atoms with E-state index in [-0.39, 0.29) is 18.1 Å². The topological polar surface area (TPSA) is 81.3 Å². The average Bonchev–Trinajstić information content (AvgIpc) is 3.15. The van der Waals surface area contributed by atoms with Crippen LogP contribution in [-0.4, -0.2) is 25.1 Å². The van der Waals surface area contributed by atoms with Crippen molar-refractivity contribution >= 4 is 28.1 Å². The maximum Gasteiger partial charge on any atom is 0.352 e. The lowest BCUT2D eigenvalue weighted by molar-refractivity contribution is -0.117. The van der Waals surface area contributed by atoms with E-state index in [9.17, 15) is 9.59 Å². The zero-order valence-corrected chi connectivity index (χ0v) is 17.5. The lowest BCUT2D eigenvalue weighted by atomic mass is 10.0. The highest BCUT2D eigenvalue weighted by Crippen LogP contribution is 2.27. The summed E-state index contributed by atoms with van der Waals surface area (Å²) in [4.78, 5) is 30.5. The fraction of sp³-hybridized carbons (Fsp3) is 0.120. The first kappa shape index (κ1) is 19.7. The van der Waals surface area contributed by atoms with Crippen LogP contribution in [0.4, 0.5) is 5.69 Å². The maximum absolute atomic E-state index is 13.1. The Bertz CT molecular complexity index is 1500. The summed E-state index contributed by atoms with van der Waals surface area (Å²) >= 11 is 0. The van der Waals surface area contributed by atoms with Crippen molar-refractivity contribution in [2.24, 2.45) is 0 Å². The second-order valence-electron chi connectivity index (χ2n) is 7.46. The van der Waals surface area contributed by atoms with E-state index in [1.54, 1.807) is 0 Å². The summed E-state index contributed by atoms with van der Waals surface area (Å²) in [7, 11) is 0. The van der Waals surface area contributed by atoms with E-state index < -0.39 is 0 Å². The molecule has 5 aromatic rings. The molecule has 5 rings (SSSR count). The lowest BCUT2D eigenvalue weighted by Gasteiger charge is -2.11. The number of carbonyl (C=O) groups excluding carboxylic acids is 1. The third-order valence-electron chi connectivity index (χ3n) is 5.39. The molecule has 0 radical (unpaired) electrons. The van der Waals surface area contributed by atoms with Crippen LogP contribution in [0.1, 0.15) is 12.7 Å². The monoisotopic (exact) mass is 423 g/mol. The first-order valence-electron chi connectivity index (χ1n) is 10.5. The number of amides is 1. The first-order chi connectivity index (χ1) is 15.7. The van der Waals surface area contributed by atoms with Crippen molar-refractivity contribution < 1.29 is 4.79 Å². The molecule has 0 atom stereocenters. The molecule has 0 aliphatic rings. The Labute approximate surface area is 184 Å². The first-order valence-corrected chi connectivity index (χ1v) is 10.5. The summed E-state index contributed by atoms with van der Waals surface area (Å²) in [6, 6.07) is 25.0. The van der Waals surface area contributed by atoms with Gasteiger partial charge in [-0.1, -0.05) is 67.6 Å². The largest absolute Gasteiger partial charge is 0.352 e. The number of para-hydroxylation sites is 2. The van der Waals surface area contributed by atoms with E-state index in [4.69, 9.17) is 0 Å². The Balaban J connectivity index is 1.50. The van der Waals surface area contributed by atoms with Gasteiger partial charge in [0.15, 0.2) is 5.65 Å². The van der Waals surface area contributed by atoms with Gasteiger partial charge in [0.1, 0.15) is 12.4 Å². The number of nitrogens with one attached hydrogen (secondary N) is 1. The molecule has 7 nitrogen and oxygen atoms in total. The van der Waals surface area contributed by atoms with Crippen LogP contribution < -0.4 is 11.0 Å². The minimum Gasteiger partial charge on any atom is -0.324 e. The molecule has 0 aliphatic heterocycles. The normalized spacial score (nSPS) is 11.2. The number of aryl methyl sites for hydroxylation is 1. The zero-order chi connectivity index (χ0) is 22.1. The van der Waals surface area contributed by atoms with Gasteiger partial charge in [0, 0.05) is 23.1 Å². The molecule has 0 spiro atoms. The fourth-order valence-electron chi connectivity index (χ4n) is 3.89. The Morgan fingerprint density at radius 2 is 1.66 bits per heavy atom. The number of fused-ring (bicyclic) bond motifs is 3. The summed E-state index contributed by atoms with van der Waals surface area (Å²) in [6.45, 7) is 1.74. The minimum absolute atomic E-state index is 0.193. The maximum atomic E-state index is 13.1.